The molecule has 1 aromatic heterocycles. The molecule has 2 nitrogen and oxygen atoms in total. The molecular weight excluding hydrogens is 294 g/mol. The summed E-state index contributed by atoms with van der Waals surface area (Å²) in [6, 6.07) is 10.4. The Kier molecular flexibility index (Phi) is 4.03. The predicted octanol–water partition coefficient (Wildman–Crippen LogP) is 5.12. The zero-order chi connectivity index (χ0) is 16.4. The van der Waals surface area contributed by atoms with E-state index >= 15 is 0 Å². The molecule has 0 spiro atoms. The Hall–Kier alpha value is -2.80. The SMILES string of the molecule is Cc1cc(-c2ncccc2C2=CC(F)=C(C#N)CC2)ccc1F. The van der Waals surface area contributed by atoms with Gasteiger partial charge in [-0.15, -0.1) is 0 Å². The fourth-order valence-corrected chi connectivity index (χ4v) is 2.70. The van der Waals surface area contributed by atoms with Crippen LogP contribution in [-0.2, 0) is 0 Å². The first-order chi connectivity index (χ1) is 11.1. The summed E-state index contributed by atoms with van der Waals surface area (Å²) >= 11 is 0. The Morgan fingerprint density at radius 1 is 1.17 bits per heavy atom. The van der Waals surface area contributed by atoms with Crippen LogP contribution in [-0.4, -0.2) is 4.98 Å². The molecule has 0 aliphatic heterocycles. The number of aryl methyl sites for hydroxylation is 1. The van der Waals surface area contributed by atoms with Crippen LogP contribution in [0.3, 0.4) is 0 Å². The molecular formula is C19H14F2N2. The monoisotopic (exact) mass is 308 g/mol. The lowest BCUT2D eigenvalue weighted by Gasteiger charge is -2.16. The lowest BCUT2D eigenvalue weighted by molar-refractivity contribution is 0.619. The van der Waals surface area contributed by atoms with Gasteiger partial charge in [0, 0.05) is 17.3 Å². The maximum Gasteiger partial charge on any atom is 0.137 e. The Balaban J connectivity index is 2.11. The van der Waals surface area contributed by atoms with Crippen LogP contribution in [0.25, 0.3) is 16.8 Å². The second kappa shape index (κ2) is 6.13. The van der Waals surface area contributed by atoms with Crippen molar-refractivity contribution in [3.05, 3.63) is 70.9 Å². The van der Waals surface area contributed by atoms with Gasteiger partial charge in [0.1, 0.15) is 11.6 Å². The van der Waals surface area contributed by atoms with E-state index in [0.717, 1.165) is 16.7 Å². The number of hydrogen-bond donors (Lipinski definition) is 0. The number of halogens is 2. The van der Waals surface area contributed by atoms with Crippen LogP contribution >= 0.6 is 0 Å². The molecule has 3 rings (SSSR count). The number of aromatic nitrogens is 1. The van der Waals surface area contributed by atoms with Gasteiger partial charge in [-0.25, -0.2) is 8.78 Å². The van der Waals surface area contributed by atoms with E-state index in [-0.39, 0.29) is 11.4 Å². The second-order valence-electron chi connectivity index (χ2n) is 5.47. The smallest absolute Gasteiger partial charge is 0.137 e. The zero-order valence-electron chi connectivity index (χ0n) is 12.6. The van der Waals surface area contributed by atoms with E-state index < -0.39 is 5.83 Å². The number of allylic oxidation sites excluding steroid dienone is 4. The molecule has 0 bridgehead atoms. The summed E-state index contributed by atoms with van der Waals surface area (Å²) in [5.41, 5.74) is 3.80. The van der Waals surface area contributed by atoms with Crippen molar-refractivity contribution in [2.45, 2.75) is 19.8 Å². The van der Waals surface area contributed by atoms with E-state index in [4.69, 9.17) is 5.26 Å². The van der Waals surface area contributed by atoms with E-state index in [9.17, 15) is 8.78 Å². The van der Waals surface area contributed by atoms with Crippen LogP contribution in [0.1, 0.15) is 24.0 Å². The van der Waals surface area contributed by atoms with Crippen LogP contribution in [0.2, 0.25) is 0 Å². The van der Waals surface area contributed by atoms with Gasteiger partial charge in [-0.1, -0.05) is 6.07 Å². The maximum absolute atomic E-state index is 13.9. The third-order valence-electron chi connectivity index (χ3n) is 3.95. The Morgan fingerprint density at radius 3 is 2.70 bits per heavy atom. The van der Waals surface area contributed by atoms with Gasteiger partial charge in [0.25, 0.3) is 0 Å². The van der Waals surface area contributed by atoms with Crippen LogP contribution in [0, 0.1) is 24.1 Å². The lowest BCUT2D eigenvalue weighted by atomic mass is 9.90. The molecule has 0 radical (unpaired) electrons. The highest BCUT2D eigenvalue weighted by Gasteiger charge is 2.18. The summed E-state index contributed by atoms with van der Waals surface area (Å²) in [5, 5.41) is 8.88. The fourth-order valence-electron chi connectivity index (χ4n) is 2.70. The summed E-state index contributed by atoms with van der Waals surface area (Å²) in [5.74, 6) is -0.755. The molecule has 1 heterocycles. The standard InChI is InChI=1S/C19H14F2N2/c1-12-9-14(6-7-17(12)20)19-16(3-2-8-23-19)13-4-5-15(11-22)18(21)10-13/h2-3,6-10H,4-5H2,1H3. The van der Waals surface area contributed by atoms with Gasteiger partial charge >= 0.3 is 0 Å². The molecule has 4 heteroatoms. The van der Waals surface area contributed by atoms with Gasteiger partial charge in [0.2, 0.25) is 0 Å². The largest absolute Gasteiger partial charge is 0.256 e. The van der Waals surface area contributed by atoms with Crippen molar-refractivity contribution in [2.75, 3.05) is 0 Å². The molecule has 0 amide bonds. The average Bonchev–Trinajstić information content (AvgIpc) is 2.57. The third kappa shape index (κ3) is 2.91. The molecule has 1 aromatic carbocycles. The summed E-state index contributed by atoms with van der Waals surface area (Å²) in [7, 11) is 0. The van der Waals surface area contributed by atoms with Gasteiger partial charge in [-0.3, -0.25) is 4.98 Å². The van der Waals surface area contributed by atoms with Crippen LogP contribution in [0.15, 0.2) is 54.0 Å². The van der Waals surface area contributed by atoms with Gasteiger partial charge in [-0.05, 0) is 61.2 Å². The quantitative estimate of drug-likeness (QED) is 0.772. The fraction of sp³-hybridized carbons (Fsp3) is 0.158. The zero-order valence-corrected chi connectivity index (χ0v) is 12.6. The predicted molar refractivity (Wildman–Crippen MR) is 85.3 cm³/mol. The molecule has 114 valence electrons. The topological polar surface area (TPSA) is 36.7 Å². The summed E-state index contributed by atoms with van der Waals surface area (Å²) in [4.78, 5) is 4.39. The molecule has 0 fully saturated rings. The van der Waals surface area contributed by atoms with E-state index in [0.29, 0.717) is 24.1 Å². The molecule has 0 N–H and O–H groups in total. The van der Waals surface area contributed by atoms with Crippen molar-refractivity contribution in [3.8, 4) is 17.3 Å². The van der Waals surface area contributed by atoms with E-state index in [1.807, 2.05) is 12.1 Å². The van der Waals surface area contributed by atoms with Crippen molar-refractivity contribution in [1.82, 2.24) is 4.98 Å². The van der Waals surface area contributed by atoms with E-state index in [2.05, 4.69) is 4.98 Å². The Morgan fingerprint density at radius 2 is 2.00 bits per heavy atom. The summed E-state index contributed by atoms with van der Waals surface area (Å²) < 4.78 is 27.4. The molecule has 23 heavy (non-hydrogen) atoms. The second-order valence-corrected chi connectivity index (χ2v) is 5.47. The number of hydrogen-bond acceptors (Lipinski definition) is 2. The van der Waals surface area contributed by atoms with Gasteiger partial charge in [-0.2, -0.15) is 5.26 Å². The molecule has 2 aromatic rings. The minimum atomic E-state index is -0.487. The molecule has 1 aliphatic rings. The molecule has 0 unspecified atom stereocenters. The van der Waals surface area contributed by atoms with Gasteiger partial charge < -0.3 is 0 Å². The minimum Gasteiger partial charge on any atom is -0.256 e. The number of benzene rings is 1. The number of pyridine rings is 1. The summed E-state index contributed by atoms with van der Waals surface area (Å²) in [6.45, 7) is 1.70. The minimum absolute atomic E-state index is 0.178. The first kappa shape index (κ1) is 15.1. The third-order valence-corrected chi connectivity index (χ3v) is 3.95. The highest BCUT2D eigenvalue weighted by molar-refractivity contribution is 5.81. The van der Waals surface area contributed by atoms with Crippen molar-refractivity contribution in [2.24, 2.45) is 0 Å². The molecule has 0 atom stereocenters. The van der Waals surface area contributed by atoms with Crippen LogP contribution < -0.4 is 0 Å². The van der Waals surface area contributed by atoms with Gasteiger partial charge in [0.05, 0.1) is 17.3 Å². The van der Waals surface area contributed by atoms with Crippen molar-refractivity contribution < 1.29 is 8.78 Å². The van der Waals surface area contributed by atoms with Crippen molar-refractivity contribution >= 4 is 5.57 Å². The van der Waals surface area contributed by atoms with Gasteiger partial charge in [0.15, 0.2) is 0 Å². The summed E-state index contributed by atoms with van der Waals surface area (Å²) in [6.07, 6.45) is 4.02. The van der Waals surface area contributed by atoms with Crippen molar-refractivity contribution in [3.63, 3.8) is 0 Å². The number of nitriles is 1. The van der Waals surface area contributed by atoms with E-state index in [1.165, 1.54) is 12.1 Å². The first-order valence-corrected chi connectivity index (χ1v) is 7.31. The molecule has 0 saturated heterocycles. The molecule has 0 saturated carbocycles. The molecule has 1 aliphatic carbocycles. The highest BCUT2D eigenvalue weighted by Crippen LogP contribution is 2.35. The average molecular weight is 308 g/mol. The number of nitrogens with zero attached hydrogens (tertiary/aromatic N) is 2. The van der Waals surface area contributed by atoms with Crippen LogP contribution in [0.4, 0.5) is 8.78 Å². The number of rotatable bonds is 2. The Bertz CT molecular complexity index is 873. The van der Waals surface area contributed by atoms with E-state index in [1.54, 1.807) is 31.3 Å². The maximum atomic E-state index is 13.9. The van der Waals surface area contributed by atoms with Crippen molar-refractivity contribution in [1.29, 1.82) is 5.26 Å². The Labute approximate surface area is 133 Å². The normalized spacial score (nSPS) is 14.4. The first-order valence-electron chi connectivity index (χ1n) is 7.31. The highest BCUT2D eigenvalue weighted by atomic mass is 19.1. The lowest BCUT2D eigenvalue weighted by Crippen LogP contribution is -1.99. The van der Waals surface area contributed by atoms with Crippen LogP contribution in [0.5, 0.6) is 0 Å².